The Morgan fingerprint density at radius 2 is 2.00 bits per heavy atom. The Hall–Kier alpha value is -0.900. The third-order valence-corrected chi connectivity index (χ3v) is 2.81. The van der Waals surface area contributed by atoms with Gasteiger partial charge in [0.1, 0.15) is 0 Å². The maximum Gasteiger partial charge on any atom is 0.219 e. The van der Waals surface area contributed by atoms with Crippen molar-refractivity contribution in [3.05, 3.63) is 0 Å². The molecule has 0 saturated carbocycles. The third-order valence-electron chi connectivity index (χ3n) is 2.81. The SMILES string of the molecule is CCC(=O)C1CN(C(C)=O)CCN1C. The van der Waals surface area contributed by atoms with Gasteiger partial charge in [-0.15, -0.1) is 0 Å². The molecule has 4 nitrogen and oxygen atoms in total. The number of rotatable bonds is 2. The summed E-state index contributed by atoms with van der Waals surface area (Å²) in [5.41, 5.74) is 0. The van der Waals surface area contributed by atoms with Gasteiger partial charge in [0, 0.05) is 33.0 Å². The van der Waals surface area contributed by atoms with Gasteiger partial charge < -0.3 is 4.90 Å². The molecule has 0 aromatic heterocycles. The van der Waals surface area contributed by atoms with Gasteiger partial charge in [0.2, 0.25) is 5.91 Å². The summed E-state index contributed by atoms with van der Waals surface area (Å²) in [5.74, 6) is 0.283. The summed E-state index contributed by atoms with van der Waals surface area (Å²) in [6, 6.07) is -0.0994. The maximum absolute atomic E-state index is 11.6. The van der Waals surface area contributed by atoms with E-state index in [1.807, 2.05) is 18.9 Å². The van der Waals surface area contributed by atoms with Crippen LogP contribution in [-0.4, -0.2) is 54.2 Å². The molecule has 0 radical (unpaired) electrons. The van der Waals surface area contributed by atoms with Crippen molar-refractivity contribution in [1.29, 1.82) is 0 Å². The summed E-state index contributed by atoms with van der Waals surface area (Å²) in [7, 11) is 1.94. The van der Waals surface area contributed by atoms with Crippen molar-refractivity contribution in [2.24, 2.45) is 0 Å². The van der Waals surface area contributed by atoms with Gasteiger partial charge in [-0.2, -0.15) is 0 Å². The first-order chi connectivity index (χ1) is 6.56. The molecule has 1 fully saturated rings. The molecular formula is C10H18N2O2. The maximum atomic E-state index is 11.6. The van der Waals surface area contributed by atoms with Gasteiger partial charge in [0.05, 0.1) is 6.04 Å². The number of likely N-dealkylation sites (N-methyl/N-ethyl adjacent to an activating group) is 1. The van der Waals surface area contributed by atoms with Gasteiger partial charge in [0.25, 0.3) is 0 Å². The summed E-state index contributed by atoms with van der Waals surface area (Å²) < 4.78 is 0. The minimum Gasteiger partial charge on any atom is -0.340 e. The number of hydrogen-bond donors (Lipinski definition) is 0. The molecule has 1 rings (SSSR count). The van der Waals surface area contributed by atoms with Crippen LogP contribution < -0.4 is 0 Å². The zero-order valence-electron chi connectivity index (χ0n) is 9.12. The van der Waals surface area contributed by atoms with E-state index in [0.29, 0.717) is 13.0 Å². The van der Waals surface area contributed by atoms with E-state index in [-0.39, 0.29) is 17.7 Å². The lowest BCUT2D eigenvalue weighted by Gasteiger charge is -2.38. The van der Waals surface area contributed by atoms with E-state index in [0.717, 1.165) is 13.1 Å². The van der Waals surface area contributed by atoms with Crippen molar-refractivity contribution < 1.29 is 9.59 Å². The molecule has 1 aliphatic rings. The van der Waals surface area contributed by atoms with Gasteiger partial charge in [0.15, 0.2) is 5.78 Å². The van der Waals surface area contributed by atoms with Crippen molar-refractivity contribution in [3.8, 4) is 0 Å². The van der Waals surface area contributed by atoms with Gasteiger partial charge in [-0.05, 0) is 7.05 Å². The van der Waals surface area contributed by atoms with Crippen molar-refractivity contribution in [1.82, 2.24) is 9.80 Å². The number of carbonyl (C=O) groups excluding carboxylic acids is 2. The topological polar surface area (TPSA) is 40.6 Å². The molecule has 14 heavy (non-hydrogen) atoms. The number of amides is 1. The number of piperazine rings is 1. The van der Waals surface area contributed by atoms with E-state index in [4.69, 9.17) is 0 Å². The molecule has 1 unspecified atom stereocenters. The summed E-state index contributed by atoms with van der Waals surface area (Å²) in [4.78, 5) is 26.5. The van der Waals surface area contributed by atoms with Crippen LogP contribution in [0.15, 0.2) is 0 Å². The Kier molecular flexibility index (Phi) is 3.63. The molecule has 80 valence electrons. The second-order valence-corrected chi connectivity index (χ2v) is 3.78. The van der Waals surface area contributed by atoms with Crippen LogP contribution in [0.3, 0.4) is 0 Å². The van der Waals surface area contributed by atoms with Crippen LogP contribution in [0, 0.1) is 0 Å². The van der Waals surface area contributed by atoms with Crippen LogP contribution in [0.25, 0.3) is 0 Å². The molecule has 0 bridgehead atoms. The molecular weight excluding hydrogens is 180 g/mol. The minimum absolute atomic E-state index is 0.0620. The third kappa shape index (κ3) is 2.32. The fraction of sp³-hybridized carbons (Fsp3) is 0.800. The predicted octanol–water partition coefficient (Wildman–Crippen LogP) is 0.128. The number of hydrogen-bond acceptors (Lipinski definition) is 3. The Bertz CT molecular complexity index is 240. The molecule has 1 aliphatic heterocycles. The Balaban J connectivity index is 2.64. The van der Waals surface area contributed by atoms with E-state index in [9.17, 15) is 9.59 Å². The fourth-order valence-corrected chi connectivity index (χ4v) is 1.74. The summed E-state index contributed by atoms with van der Waals surface area (Å²) >= 11 is 0. The molecule has 4 heteroatoms. The molecule has 1 heterocycles. The van der Waals surface area contributed by atoms with Crippen LogP contribution in [0.5, 0.6) is 0 Å². The van der Waals surface area contributed by atoms with Crippen molar-refractivity contribution in [2.75, 3.05) is 26.7 Å². The second kappa shape index (κ2) is 4.55. The highest BCUT2D eigenvalue weighted by Gasteiger charge is 2.29. The Morgan fingerprint density at radius 1 is 1.36 bits per heavy atom. The van der Waals surface area contributed by atoms with E-state index < -0.39 is 0 Å². The first kappa shape index (κ1) is 11.2. The molecule has 0 N–H and O–H groups in total. The zero-order chi connectivity index (χ0) is 10.7. The van der Waals surface area contributed by atoms with Crippen molar-refractivity contribution in [2.45, 2.75) is 26.3 Å². The second-order valence-electron chi connectivity index (χ2n) is 3.78. The van der Waals surface area contributed by atoms with Crippen LogP contribution >= 0.6 is 0 Å². The standard InChI is InChI=1S/C10H18N2O2/c1-4-10(14)9-7-12(8(2)13)6-5-11(9)3/h9H,4-7H2,1-3H3. The molecule has 0 spiro atoms. The van der Waals surface area contributed by atoms with Crippen LogP contribution in [0.2, 0.25) is 0 Å². The Morgan fingerprint density at radius 3 is 2.50 bits per heavy atom. The lowest BCUT2D eigenvalue weighted by atomic mass is 10.1. The van der Waals surface area contributed by atoms with Crippen LogP contribution in [-0.2, 0) is 9.59 Å². The van der Waals surface area contributed by atoms with Crippen molar-refractivity contribution in [3.63, 3.8) is 0 Å². The van der Waals surface area contributed by atoms with Crippen LogP contribution in [0.1, 0.15) is 20.3 Å². The molecule has 1 atom stereocenters. The number of ketones is 1. The van der Waals surface area contributed by atoms with E-state index in [2.05, 4.69) is 0 Å². The van der Waals surface area contributed by atoms with E-state index in [1.54, 1.807) is 11.8 Å². The monoisotopic (exact) mass is 198 g/mol. The van der Waals surface area contributed by atoms with E-state index >= 15 is 0 Å². The number of nitrogens with zero attached hydrogens (tertiary/aromatic N) is 2. The van der Waals surface area contributed by atoms with Gasteiger partial charge in [-0.3, -0.25) is 14.5 Å². The largest absolute Gasteiger partial charge is 0.340 e. The quantitative estimate of drug-likeness (QED) is 0.633. The first-order valence-corrected chi connectivity index (χ1v) is 5.04. The lowest BCUT2D eigenvalue weighted by molar-refractivity contribution is -0.134. The highest BCUT2D eigenvalue weighted by molar-refractivity contribution is 5.85. The number of Topliss-reactive ketones (excluding diaryl/α,β-unsaturated/α-hetero) is 1. The average molecular weight is 198 g/mol. The highest BCUT2D eigenvalue weighted by atomic mass is 16.2. The predicted molar refractivity (Wildman–Crippen MR) is 54.0 cm³/mol. The highest BCUT2D eigenvalue weighted by Crippen LogP contribution is 2.10. The summed E-state index contributed by atoms with van der Waals surface area (Å²) in [5, 5.41) is 0. The lowest BCUT2D eigenvalue weighted by Crippen LogP contribution is -2.55. The summed E-state index contributed by atoms with van der Waals surface area (Å²) in [6.45, 7) is 5.50. The number of carbonyl (C=O) groups is 2. The molecule has 1 saturated heterocycles. The van der Waals surface area contributed by atoms with E-state index in [1.165, 1.54) is 0 Å². The molecule has 0 aromatic carbocycles. The minimum atomic E-state index is -0.0994. The molecule has 1 amide bonds. The fourth-order valence-electron chi connectivity index (χ4n) is 1.74. The van der Waals surface area contributed by atoms with Gasteiger partial charge in [-0.25, -0.2) is 0 Å². The zero-order valence-corrected chi connectivity index (χ0v) is 9.12. The summed E-state index contributed by atoms with van der Waals surface area (Å²) in [6.07, 6.45) is 0.542. The van der Waals surface area contributed by atoms with Gasteiger partial charge >= 0.3 is 0 Å². The first-order valence-electron chi connectivity index (χ1n) is 5.04. The van der Waals surface area contributed by atoms with Crippen LogP contribution in [0.4, 0.5) is 0 Å². The average Bonchev–Trinajstić information content (AvgIpc) is 2.17. The Labute approximate surface area is 84.9 Å². The normalized spacial score (nSPS) is 23.6. The molecule has 0 aromatic rings. The molecule has 0 aliphatic carbocycles. The smallest absolute Gasteiger partial charge is 0.219 e. The van der Waals surface area contributed by atoms with Gasteiger partial charge in [-0.1, -0.05) is 6.92 Å². The van der Waals surface area contributed by atoms with Crippen molar-refractivity contribution >= 4 is 11.7 Å².